The maximum Gasteiger partial charge on any atom is 0.230 e. The predicted molar refractivity (Wildman–Crippen MR) is 126 cm³/mol. The van der Waals surface area contributed by atoms with Gasteiger partial charge >= 0.3 is 0 Å². The molecule has 0 spiro atoms. The lowest BCUT2D eigenvalue weighted by atomic mass is 10.1. The van der Waals surface area contributed by atoms with Gasteiger partial charge in [0, 0.05) is 12.6 Å². The van der Waals surface area contributed by atoms with Crippen LogP contribution in [-0.2, 0) is 19.2 Å². The summed E-state index contributed by atoms with van der Waals surface area (Å²) in [7, 11) is 0. The molecular weight excluding hydrogens is 466 g/mol. The molecule has 13 heteroatoms. The zero-order valence-electron chi connectivity index (χ0n) is 16.6. The molecule has 0 bridgehead atoms. The van der Waals surface area contributed by atoms with Crippen molar-refractivity contribution in [1.29, 1.82) is 0 Å². The Balaban J connectivity index is 1.56. The number of carbonyl (C=O) groups is 4. The van der Waals surface area contributed by atoms with Crippen molar-refractivity contribution in [2.45, 2.75) is 40.1 Å². The van der Waals surface area contributed by atoms with Crippen molar-refractivity contribution >= 4 is 70.4 Å². The highest BCUT2D eigenvalue weighted by molar-refractivity contribution is 8.22. The van der Waals surface area contributed by atoms with Crippen LogP contribution in [0.25, 0.3) is 0 Å². The van der Waals surface area contributed by atoms with Crippen molar-refractivity contribution < 1.29 is 19.2 Å². The molecule has 30 heavy (non-hydrogen) atoms. The van der Waals surface area contributed by atoms with Crippen LogP contribution in [0.1, 0.15) is 25.7 Å². The maximum atomic E-state index is 12.2. The Bertz CT molecular complexity index is 670. The summed E-state index contributed by atoms with van der Waals surface area (Å²) in [5, 5.41) is 5.77. The molecule has 2 fully saturated rings. The lowest BCUT2D eigenvalue weighted by molar-refractivity contribution is -0.120. The Morgan fingerprint density at radius 2 is 1.53 bits per heavy atom. The van der Waals surface area contributed by atoms with Crippen LogP contribution in [0.4, 0.5) is 0 Å². The van der Waals surface area contributed by atoms with Gasteiger partial charge in [0.15, 0.2) is 20.0 Å². The summed E-state index contributed by atoms with van der Waals surface area (Å²) in [5.41, 5.74) is 17.4. The Kier molecular flexibility index (Phi) is 10.3. The first kappa shape index (κ1) is 25.8. The molecule has 0 saturated carbocycles. The van der Waals surface area contributed by atoms with E-state index in [0.29, 0.717) is 31.0 Å². The second kappa shape index (κ2) is 12.0. The van der Waals surface area contributed by atoms with Crippen LogP contribution in [0, 0.1) is 0 Å². The summed E-state index contributed by atoms with van der Waals surface area (Å²) in [5.74, 6) is 0.728. The SMILES string of the molecule is NCCC(CCCCNC(=O)CSC1(N)SCC1=O)NC(=O)CSC1(N)SCC1=O. The number of rotatable bonds is 14. The van der Waals surface area contributed by atoms with Crippen molar-refractivity contribution in [3.05, 3.63) is 0 Å². The number of thioether (sulfide) groups is 4. The highest BCUT2D eigenvalue weighted by Gasteiger charge is 2.45. The fraction of sp³-hybridized carbons (Fsp3) is 0.765. The molecule has 8 N–H and O–H groups in total. The second-order valence-corrected chi connectivity index (χ2v) is 12.4. The fourth-order valence-electron chi connectivity index (χ4n) is 2.69. The van der Waals surface area contributed by atoms with E-state index in [1.165, 1.54) is 23.5 Å². The number of Topliss-reactive ketones (excluding diaryl/α,β-unsaturated/α-hetero) is 2. The molecule has 0 aromatic carbocycles. The summed E-state index contributed by atoms with van der Waals surface area (Å²) >= 11 is 5.02. The number of ketones is 2. The normalized spacial score (nSPS) is 26.5. The molecule has 2 aliphatic rings. The van der Waals surface area contributed by atoms with Gasteiger partial charge in [-0.1, -0.05) is 0 Å². The number of hydrogen-bond acceptors (Lipinski definition) is 11. The van der Waals surface area contributed by atoms with Crippen molar-refractivity contribution in [3.63, 3.8) is 0 Å². The molecule has 2 saturated heterocycles. The van der Waals surface area contributed by atoms with Crippen LogP contribution in [0.15, 0.2) is 0 Å². The van der Waals surface area contributed by atoms with E-state index in [2.05, 4.69) is 10.6 Å². The van der Waals surface area contributed by atoms with E-state index in [4.69, 9.17) is 17.2 Å². The average molecular weight is 496 g/mol. The Hall–Kier alpha value is -0.440. The van der Waals surface area contributed by atoms with Gasteiger partial charge < -0.3 is 27.8 Å². The smallest absolute Gasteiger partial charge is 0.230 e. The van der Waals surface area contributed by atoms with Crippen molar-refractivity contribution in [2.24, 2.45) is 17.2 Å². The molecule has 2 heterocycles. The largest absolute Gasteiger partial charge is 0.355 e. The molecule has 3 unspecified atom stereocenters. The van der Waals surface area contributed by atoms with Crippen LogP contribution in [0.5, 0.6) is 0 Å². The lowest BCUT2D eigenvalue weighted by Crippen LogP contribution is -2.52. The molecule has 0 aromatic rings. The summed E-state index contributed by atoms with van der Waals surface area (Å²) in [6, 6.07) is -0.0495. The van der Waals surface area contributed by atoms with Gasteiger partial charge in [0.05, 0.1) is 23.0 Å². The van der Waals surface area contributed by atoms with E-state index in [1.807, 2.05) is 0 Å². The molecule has 0 radical (unpaired) electrons. The highest BCUT2D eigenvalue weighted by Crippen LogP contribution is 2.42. The van der Waals surface area contributed by atoms with Crippen molar-refractivity contribution in [2.75, 3.05) is 36.1 Å². The minimum Gasteiger partial charge on any atom is -0.355 e. The summed E-state index contributed by atoms with van der Waals surface area (Å²) < 4.78 is -1.94. The minimum atomic E-state index is -0.981. The van der Waals surface area contributed by atoms with E-state index < -0.39 is 8.41 Å². The summed E-state index contributed by atoms with van der Waals surface area (Å²) in [6.07, 6.45) is 2.98. The standard InChI is InChI=1S/C17H29N5O4S4/c18-5-4-11(22-15(26)10-30-17(20)13(24)8-28-17)3-1-2-6-21-14(25)9-29-16(19)12(23)7-27-16/h11H,1-10,18-20H2,(H,21,25)(H,22,26). The van der Waals surface area contributed by atoms with Crippen molar-refractivity contribution in [3.8, 4) is 0 Å². The van der Waals surface area contributed by atoms with Gasteiger partial charge in [0.25, 0.3) is 0 Å². The van der Waals surface area contributed by atoms with Gasteiger partial charge in [-0.2, -0.15) is 0 Å². The first-order chi connectivity index (χ1) is 14.2. The van der Waals surface area contributed by atoms with E-state index in [1.54, 1.807) is 0 Å². The van der Waals surface area contributed by atoms with E-state index in [-0.39, 0.29) is 40.9 Å². The molecule has 170 valence electrons. The zero-order valence-corrected chi connectivity index (χ0v) is 19.9. The van der Waals surface area contributed by atoms with Gasteiger partial charge in [0.2, 0.25) is 11.8 Å². The monoisotopic (exact) mass is 495 g/mol. The van der Waals surface area contributed by atoms with Crippen LogP contribution >= 0.6 is 47.0 Å². The van der Waals surface area contributed by atoms with Gasteiger partial charge in [-0.05, 0) is 32.2 Å². The number of nitrogens with one attached hydrogen (secondary N) is 2. The third-order valence-electron chi connectivity index (χ3n) is 4.63. The molecule has 2 amide bonds. The molecular formula is C17H29N5O4S4. The minimum absolute atomic E-state index is 0.0311. The first-order valence-electron chi connectivity index (χ1n) is 9.65. The van der Waals surface area contributed by atoms with E-state index in [0.717, 1.165) is 42.8 Å². The number of carbonyl (C=O) groups excluding carboxylic acids is 4. The molecule has 0 aliphatic carbocycles. The van der Waals surface area contributed by atoms with Gasteiger partial charge in [-0.15, -0.1) is 47.0 Å². The molecule has 0 aromatic heterocycles. The van der Waals surface area contributed by atoms with Gasteiger partial charge in [0.1, 0.15) is 0 Å². The molecule has 2 rings (SSSR count). The second-order valence-electron chi connectivity index (χ2n) is 7.02. The Morgan fingerprint density at radius 3 is 2.00 bits per heavy atom. The number of amides is 2. The number of hydrogen-bond donors (Lipinski definition) is 5. The topological polar surface area (TPSA) is 170 Å². The first-order valence-corrected chi connectivity index (χ1v) is 13.6. The Morgan fingerprint density at radius 1 is 0.967 bits per heavy atom. The van der Waals surface area contributed by atoms with Crippen LogP contribution < -0.4 is 27.8 Å². The third kappa shape index (κ3) is 7.61. The fourth-order valence-corrected chi connectivity index (χ4v) is 6.71. The summed E-state index contributed by atoms with van der Waals surface area (Å²) in [6.45, 7) is 0.977. The highest BCUT2D eigenvalue weighted by atomic mass is 32.2. The van der Waals surface area contributed by atoms with Crippen molar-refractivity contribution in [1.82, 2.24) is 10.6 Å². The third-order valence-corrected chi connectivity index (χ3v) is 10.3. The lowest BCUT2D eigenvalue weighted by Gasteiger charge is -2.34. The average Bonchev–Trinajstić information content (AvgIpc) is 2.73. The zero-order chi connectivity index (χ0) is 22.2. The number of unbranched alkanes of at least 4 members (excludes halogenated alkanes) is 1. The van der Waals surface area contributed by atoms with Gasteiger partial charge in [-0.25, -0.2) is 0 Å². The quantitative estimate of drug-likeness (QED) is 0.154. The Labute approximate surface area is 193 Å². The molecule has 2 aliphatic heterocycles. The van der Waals surface area contributed by atoms with Crippen LogP contribution in [0.2, 0.25) is 0 Å². The van der Waals surface area contributed by atoms with Crippen LogP contribution in [-0.4, -0.2) is 73.9 Å². The van der Waals surface area contributed by atoms with E-state index >= 15 is 0 Å². The summed E-state index contributed by atoms with van der Waals surface area (Å²) in [4.78, 5) is 46.9. The molecule has 3 atom stereocenters. The maximum absolute atomic E-state index is 12.2. The number of nitrogens with two attached hydrogens (primary N) is 3. The predicted octanol–water partition coefficient (Wildman–Crippen LogP) is -0.570. The van der Waals surface area contributed by atoms with Gasteiger partial charge in [-0.3, -0.25) is 19.2 Å². The van der Waals surface area contributed by atoms with E-state index in [9.17, 15) is 19.2 Å². The van der Waals surface area contributed by atoms with Crippen LogP contribution in [0.3, 0.4) is 0 Å². The molecule has 9 nitrogen and oxygen atoms in total.